The molecule has 1 saturated heterocycles. The molecule has 0 bridgehead atoms. The molecule has 152 valence electrons. The Labute approximate surface area is 168 Å². The van der Waals surface area contributed by atoms with Gasteiger partial charge in [-0.25, -0.2) is 12.8 Å². The van der Waals surface area contributed by atoms with E-state index in [0.29, 0.717) is 30.2 Å². The third kappa shape index (κ3) is 4.19. The summed E-state index contributed by atoms with van der Waals surface area (Å²) in [5.41, 5.74) is 0.428. The van der Waals surface area contributed by atoms with E-state index < -0.39 is 22.1 Å². The molecular weight excluding hydrogens is 407 g/mol. The van der Waals surface area contributed by atoms with E-state index in [1.807, 2.05) is 0 Å². The molecule has 1 aliphatic rings. The highest BCUT2D eigenvalue weighted by molar-refractivity contribution is 7.91. The maximum absolute atomic E-state index is 14.2. The van der Waals surface area contributed by atoms with E-state index in [1.54, 1.807) is 6.07 Å². The van der Waals surface area contributed by atoms with Gasteiger partial charge in [-0.3, -0.25) is 0 Å². The number of piperidine rings is 1. The minimum absolute atomic E-state index is 0.0413. The molecule has 0 aliphatic carbocycles. The van der Waals surface area contributed by atoms with Crippen LogP contribution in [-0.4, -0.2) is 47.9 Å². The summed E-state index contributed by atoms with van der Waals surface area (Å²) < 4.78 is 50.6. The third-order valence-corrected chi connectivity index (χ3v) is 6.71. The average Bonchev–Trinajstić information content (AvgIpc) is 2.69. The van der Waals surface area contributed by atoms with E-state index in [2.05, 4.69) is 10.6 Å². The van der Waals surface area contributed by atoms with E-state index in [9.17, 15) is 12.8 Å². The van der Waals surface area contributed by atoms with Crippen LogP contribution >= 0.6 is 11.6 Å². The molecule has 2 aromatic rings. The number of halogens is 2. The number of rotatable bonds is 6. The molecule has 0 spiro atoms. The van der Waals surface area contributed by atoms with Gasteiger partial charge in [-0.1, -0.05) is 11.6 Å². The molecule has 1 heterocycles. The zero-order valence-corrected chi connectivity index (χ0v) is 17.1. The molecule has 2 unspecified atom stereocenters. The smallest absolute Gasteiger partial charge is 0.206 e. The molecule has 1 fully saturated rings. The SMILES string of the molecule is COc1ccc(S(=O)(=O)c2ccc(OC)c(NC3CCNCC3F)c2)cc1Cl. The zero-order valence-electron chi connectivity index (χ0n) is 15.5. The minimum atomic E-state index is -3.83. The molecule has 6 nitrogen and oxygen atoms in total. The number of hydrogen-bond acceptors (Lipinski definition) is 6. The van der Waals surface area contributed by atoms with Gasteiger partial charge in [-0.2, -0.15) is 0 Å². The van der Waals surface area contributed by atoms with Crippen molar-refractivity contribution in [3.05, 3.63) is 41.4 Å². The van der Waals surface area contributed by atoms with E-state index in [4.69, 9.17) is 21.1 Å². The lowest BCUT2D eigenvalue weighted by Crippen LogP contribution is -2.45. The largest absolute Gasteiger partial charge is 0.495 e. The highest BCUT2D eigenvalue weighted by Gasteiger charge is 2.26. The summed E-state index contributed by atoms with van der Waals surface area (Å²) in [5.74, 6) is 0.829. The zero-order chi connectivity index (χ0) is 20.3. The summed E-state index contributed by atoms with van der Waals surface area (Å²) in [6.07, 6.45) is -0.505. The van der Waals surface area contributed by atoms with Crippen LogP contribution in [0.1, 0.15) is 6.42 Å². The van der Waals surface area contributed by atoms with Crippen molar-refractivity contribution in [2.24, 2.45) is 0 Å². The average molecular weight is 429 g/mol. The lowest BCUT2D eigenvalue weighted by Gasteiger charge is -2.29. The van der Waals surface area contributed by atoms with Crippen molar-refractivity contribution < 1.29 is 22.3 Å². The van der Waals surface area contributed by atoms with Crippen LogP contribution in [0.15, 0.2) is 46.2 Å². The van der Waals surface area contributed by atoms with Crippen LogP contribution in [0.2, 0.25) is 5.02 Å². The Balaban J connectivity index is 1.96. The van der Waals surface area contributed by atoms with Crippen LogP contribution in [0.3, 0.4) is 0 Å². The lowest BCUT2D eigenvalue weighted by atomic mass is 10.0. The number of alkyl halides is 1. The first-order valence-electron chi connectivity index (χ1n) is 8.75. The Kier molecular flexibility index (Phi) is 6.32. The Bertz CT molecular complexity index is 955. The molecule has 1 aliphatic heterocycles. The summed E-state index contributed by atoms with van der Waals surface area (Å²) in [6.45, 7) is 0.936. The van der Waals surface area contributed by atoms with Gasteiger partial charge >= 0.3 is 0 Å². The summed E-state index contributed by atoms with van der Waals surface area (Å²) in [4.78, 5) is 0.0982. The summed E-state index contributed by atoms with van der Waals surface area (Å²) in [6, 6.07) is 8.31. The van der Waals surface area contributed by atoms with Gasteiger partial charge in [0.25, 0.3) is 0 Å². The molecule has 2 N–H and O–H groups in total. The Morgan fingerprint density at radius 3 is 2.36 bits per heavy atom. The van der Waals surface area contributed by atoms with Crippen molar-refractivity contribution in [1.29, 1.82) is 0 Å². The van der Waals surface area contributed by atoms with Crippen LogP contribution in [0, 0.1) is 0 Å². The van der Waals surface area contributed by atoms with Gasteiger partial charge in [0.15, 0.2) is 0 Å². The summed E-state index contributed by atoms with van der Waals surface area (Å²) >= 11 is 6.08. The molecule has 0 radical (unpaired) electrons. The molecule has 0 saturated carbocycles. The van der Waals surface area contributed by atoms with Crippen molar-refractivity contribution >= 4 is 27.1 Å². The Morgan fingerprint density at radius 1 is 1.11 bits per heavy atom. The first-order valence-corrected chi connectivity index (χ1v) is 10.6. The Hall–Kier alpha value is -2.03. The fourth-order valence-corrected chi connectivity index (χ4v) is 4.74. The fourth-order valence-electron chi connectivity index (χ4n) is 3.10. The van der Waals surface area contributed by atoms with Gasteiger partial charge in [0.2, 0.25) is 9.84 Å². The monoisotopic (exact) mass is 428 g/mol. The van der Waals surface area contributed by atoms with Gasteiger partial charge < -0.3 is 20.1 Å². The van der Waals surface area contributed by atoms with E-state index >= 15 is 0 Å². The van der Waals surface area contributed by atoms with Gasteiger partial charge in [-0.15, -0.1) is 0 Å². The molecule has 0 amide bonds. The number of nitrogens with one attached hydrogen (secondary N) is 2. The highest BCUT2D eigenvalue weighted by Crippen LogP contribution is 2.34. The molecule has 2 atom stereocenters. The second-order valence-electron chi connectivity index (χ2n) is 6.42. The number of sulfone groups is 1. The van der Waals surface area contributed by atoms with Crippen LogP contribution in [0.4, 0.5) is 10.1 Å². The molecular formula is C19H22ClFN2O4S. The molecule has 9 heteroatoms. The van der Waals surface area contributed by atoms with Crippen LogP contribution in [0.25, 0.3) is 0 Å². The maximum atomic E-state index is 14.2. The van der Waals surface area contributed by atoms with E-state index in [-0.39, 0.29) is 21.4 Å². The van der Waals surface area contributed by atoms with Gasteiger partial charge in [0, 0.05) is 6.54 Å². The summed E-state index contributed by atoms with van der Waals surface area (Å²) in [7, 11) is -0.896. The van der Waals surface area contributed by atoms with Gasteiger partial charge in [0.1, 0.15) is 17.7 Å². The number of anilines is 1. The summed E-state index contributed by atoms with van der Waals surface area (Å²) in [5, 5.41) is 6.28. The molecule has 2 aromatic carbocycles. The van der Waals surface area contributed by atoms with E-state index in [0.717, 1.165) is 0 Å². The number of methoxy groups -OCH3 is 2. The number of ether oxygens (including phenoxy) is 2. The van der Waals surface area contributed by atoms with Crippen molar-refractivity contribution in [2.75, 3.05) is 32.6 Å². The standard InChI is InChI=1S/C19H22ClFN2O4S/c1-26-18-5-3-12(9-14(18)20)28(24,25)13-4-6-19(27-2)17(10-13)23-16-7-8-22-11-15(16)21/h3-6,9-10,15-16,22-23H,7-8,11H2,1-2H3. The second-order valence-corrected chi connectivity index (χ2v) is 8.78. The van der Waals surface area contributed by atoms with Gasteiger partial charge in [0.05, 0.1) is 40.8 Å². The number of hydrogen-bond donors (Lipinski definition) is 2. The van der Waals surface area contributed by atoms with Crippen LogP contribution in [0.5, 0.6) is 11.5 Å². The van der Waals surface area contributed by atoms with Crippen LogP contribution in [-0.2, 0) is 9.84 Å². The highest BCUT2D eigenvalue weighted by atomic mass is 35.5. The van der Waals surface area contributed by atoms with Crippen molar-refractivity contribution in [2.45, 2.75) is 28.4 Å². The molecule has 28 heavy (non-hydrogen) atoms. The number of benzene rings is 2. The quantitative estimate of drug-likeness (QED) is 0.735. The third-order valence-electron chi connectivity index (χ3n) is 4.66. The predicted octanol–water partition coefficient (Wildman–Crippen LogP) is 3.30. The van der Waals surface area contributed by atoms with Crippen molar-refractivity contribution in [3.63, 3.8) is 0 Å². The van der Waals surface area contributed by atoms with Gasteiger partial charge in [-0.05, 0) is 49.4 Å². The predicted molar refractivity (Wildman–Crippen MR) is 106 cm³/mol. The lowest BCUT2D eigenvalue weighted by molar-refractivity contribution is 0.244. The first kappa shape index (κ1) is 20.7. The first-order chi connectivity index (χ1) is 13.4. The fraction of sp³-hybridized carbons (Fsp3) is 0.368. The normalized spacial score (nSPS) is 19.9. The molecule has 0 aromatic heterocycles. The van der Waals surface area contributed by atoms with Crippen molar-refractivity contribution in [3.8, 4) is 11.5 Å². The Morgan fingerprint density at radius 2 is 1.75 bits per heavy atom. The van der Waals surface area contributed by atoms with Crippen LogP contribution < -0.4 is 20.1 Å². The van der Waals surface area contributed by atoms with Crippen molar-refractivity contribution in [1.82, 2.24) is 5.32 Å². The van der Waals surface area contributed by atoms with E-state index in [1.165, 1.54) is 44.6 Å². The molecule has 3 rings (SSSR count). The maximum Gasteiger partial charge on any atom is 0.206 e. The minimum Gasteiger partial charge on any atom is -0.495 e. The second kappa shape index (κ2) is 8.55. The topological polar surface area (TPSA) is 76.7 Å².